The molecule has 0 aromatic heterocycles. The van der Waals surface area contributed by atoms with Crippen LogP contribution in [-0.2, 0) is 11.3 Å². The molecule has 1 aromatic carbocycles. The molecule has 1 aliphatic heterocycles. The molecule has 0 unspecified atom stereocenters. The zero-order valence-corrected chi connectivity index (χ0v) is 11.6. The van der Waals surface area contributed by atoms with Gasteiger partial charge in [-0.2, -0.15) is 0 Å². The predicted octanol–water partition coefficient (Wildman–Crippen LogP) is 3.27. The lowest BCUT2D eigenvalue weighted by atomic mass is 10.0. The van der Waals surface area contributed by atoms with Crippen molar-refractivity contribution in [2.45, 2.75) is 24.8 Å². The molecule has 3 atom stereocenters. The third kappa shape index (κ3) is 2.71. The van der Waals surface area contributed by atoms with Crippen LogP contribution in [0, 0.1) is 11.8 Å². The average Bonchev–Trinajstić information content (AvgIpc) is 3.00. The summed E-state index contributed by atoms with van der Waals surface area (Å²) in [7, 11) is 0. The van der Waals surface area contributed by atoms with Gasteiger partial charge in [-0.1, -0.05) is 30.3 Å². The molecule has 2 aliphatic rings. The Bertz CT molecular complexity index is 451. The predicted molar refractivity (Wildman–Crippen MR) is 74.1 cm³/mol. The molecular formula is C15H18ClNO2. The summed E-state index contributed by atoms with van der Waals surface area (Å²) < 4.78 is 5.36. The van der Waals surface area contributed by atoms with E-state index in [1.54, 1.807) is 0 Å². The zero-order valence-electron chi connectivity index (χ0n) is 10.8. The number of rotatable bonds is 2. The SMILES string of the molecule is O=C(OCc1ccccc1)N1C[C@@H]2CC[C@H](Cl)[C@H]2C1. The number of carbonyl (C=O) groups is 1. The van der Waals surface area contributed by atoms with Gasteiger partial charge in [-0.05, 0) is 30.2 Å². The van der Waals surface area contributed by atoms with Crippen LogP contribution in [0.5, 0.6) is 0 Å². The van der Waals surface area contributed by atoms with E-state index in [0.717, 1.165) is 31.5 Å². The number of halogens is 1. The molecule has 0 radical (unpaired) electrons. The molecule has 0 N–H and O–H groups in total. The third-order valence-electron chi connectivity index (χ3n) is 4.23. The molecule has 1 amide bonds. The van der Waals surface area contributed by atoms with Gasteiger partial charge in [-0.15, -0.1) is 11.6 Å². The van der Waals surface area contributed by atoms with E-state index in [9.17, 15) is 4.79 Å². The number of hydrogen-bond acceptors (Lipinski definition) is 2. The van der Waals surface area contributed by atoms with Crippen molar-refractivity contribution >= 4 is 17.7 Å². The van der Waals surface area contributed by atoms with Crippen molar-refractivity contribution in [3.05, 3.63) is 35.9 Å². The molecule has 0 spiro atoms. The molecule has 1 saturated carbocycles. The quantitative estimate of drug-likeness (QED) is 0.778. The number of amides is 1. The number of nitrogens with zero attached hydrogens (tertiary/aromatic N) is 1. The molecule has 3 rings (SSSR count). The Balaban J connectivity index is 1.52. The largest absolute Gasteiger partial charge is 0.445 e. The van der Waals surface area contributed by atoms with Gasteiger partial charge in [0.25, 0.3) is 0 Å². The average molecular weight is 280 g/mol. The summed E-state index contributed by atoms with van der Waals surface area (Å²) in [5.74, 6) is 1.04. The molecule has 2 fully saturated rings. The van der Waals surface area contributed by atoms with Crippen molar-refractivity contribution in [3.63, 3.8) is 0 Å². The lowest BCUT2D eigenvalue weighted by molar-refractivity contribution is 0.102. The number of ether oxygens (including phenoxy) is 1. The van der Waals surface area contributed by atoms with Crippen LogP contribution in [0.3, 0.4) is 0 Å². The van der Waals surface area contributed by atoms with Crippen molar-refractivity contribution in [2.24, 2.45) is 11.8 Å². The van der Waals surface area contributed by atoms with Crippen LogP contribution in [0.4, 0.5) is 4.79 Å². The molecule has 1 heterocycles. The maximum atomic E-state index is 12.0. The van der Waals surface area contributed by atoms with Crippen molar-refractivity contribution in [2.75, 3.05) is 13.1 Å². The molecule has 3 nitrogen and oxygen atoms in total. The lowest BCUT2D eigenvalue weighted by Gasteiger charge is -2.17. The summed E-state index contributed by atoms with van der Waals surface area (Å²) in [6.07, 6.45) is 2.02. The molecule has 4 heteroatoms. The minimum atomic E-state index is -0.206. The Labute approximate surface area is 118 Å². The zero-order chi connectivity index (χ0) is 13.2. The first-order chi connectivity index (χ1) is 9.24. The fourth-order valence-electron chi connectivity index (χ4n) is 3.16. The number of carbonyl (C=O) groups excluding carboxylic acids is 1. The summed E-state index contributed by atoms with van der Waals surface area (Å²) in [5.41, 5.74) is 1.02. The van der Waals surface area contributed by atoms with E-state index in [4.69, 9.17) is 16.3 Å². The Morgan fingerprint density at radius 3 is 2.79 bits per heavy atom. The van der Waals surface area contributed by atoms with Gasteiger partial charge in [0.1, 0.15) is 6.61 Å². The van der Waals surface area contributed by atoms with Gasteiger partial charge in [0, 0.05) is 18.5 Å². The van der Waals surface area contributed by atoms with Crippen LogP contribution >= 0.6 is 11.6 Å². The highest BCUT2D eigenvalue weighted by molar-refractivity contribution is 6.21. The van der Waals surface area contributed by atoms with Gasteiger partial charge in [0.05, 0.1) is 0 Å². The van der Waals surface area contributed by atoms with Gasteiger partial charge in [-0.25, -0.2) is 4.79 Å². The standard InChI is InChI=1S/C15H18ClNO2/c16-14-7-6-12-8-17(9-13(12)14)15(18)19-10-11-4-2-1-3-5-11/h1-5,12-14H,6-10H2/t12-,13-,14-/m0/s1. The van der Waals surface area contributed by atoms with Crippen molar-refractivity contribution in [1.82, 2.24) is 4.90 Å². The van der Waals surface area contributed by atoms with Gasteiger partial charge in [0.15, 0.2) is 0 Å². The molecule has 102 valence electrons. The molecule has 1 aromatic rings. The summed E-state index contributed by atoms with van der Waals surface area (Å²) >= 11 is 6.28. The second kappa shape index (κ2) is 5.41. The van der Waals surface area contributed by atoms with Crippen LogP contribution < -0.4 is 0 Å². The van der Waals surface area contributed by atoms with E-state index < -0.39 is 0 Å². The summed E-state index contributed by atoms with van der Waals surface area (Å²) in [6.45, 7) is 1.91. The highest BCUT2D eigenvalue weighted by Crippen LogP contribution is 2.41. The van der Waals surface area contributed by atoms with Gasteiger partial charge >= 0.3 is 6.09 Å². The fraction of sp³-hybridized carbons (Fsp3) is 0.533. The van der Waals surface area contributed by atoms with Crippen LogP contribution in [0.25, 0.3) is 0 Å². The molecule has 1 saturated heterocycles. The van der Waals surface area contributed by atoms with E-state index in [1.807, 2.05) is 35.2 Å². The van der Waals surface area contributed by atoms with E-state index in [0.29, 0.717) is 18.4 Å². The van der Waals surface area contributed by atoms with Crippen molar-refractivity contribution in [1.29, 1.82) is 0 Å². The summed E-state index contributed by atoms with van der Waals surface area (Å²) in [4.78, 5) is 13.8. The van der Waals surface area contributed by atoms with Crippen LogP contribution in [0.1, 0.15) is 18.4 Å². The lowest BCUT2D eigenvalue weighted by Crippen LogP contribution is -2.30. The first-order valence-electron chi connectivity index (χ1n) is 6.84. The Kier molecular flexibility index (Phi) is 3.65. The molecule has 1 aliphatic carbocycles. The Morgan fingerprint density at radius 2 is 2.05 bits per heavy atom. The second-order valence-corrected chi connectivity index (χ2v) is 6.02. The van der Waals surface area contributed by atoms with E-state index in [-0.39, 0.29) is 11.5 Å². The molecule has 19 heavy (non-hydrogen) atoms. The first-order valence-corrected chi connectivity index (χ1v) is 7.27. The maximum Gasteiger partial charge on any atom is 0.410 e. The number of fused-ring (bicyclic) bond motifs is 1. The van der Waals surface area contributed by atoms with Crippen LogP contribution in [-0.4, -0.2) is 29.5 Å². The Morgan fingerprint density at radius 1 is 1.26 bits per heavy atom. The van der Waals surface area contributed by atoms with Gasteiger partial charge in [-0.3, -0.25) is 0 Å². The van der Waals surface area contributed by atoms with Crippen LogP contribution in [0.2, 0.25) is 0 Å². The van der Waals surface area contributed by atoms with Gasteiger partial charge in [0.2, 0.25) is 0 Å². The highest BCUT2D eigenvalue weighted by Gasteiger charge is 2.43. The fourth-order valence-corrected chi connectivity index (χ4v) is 3.57. The Hall–Kier alpha value is -1.22. The minimum Gasteiger partial charge on any atom is -0.445 e. The smallest absolute Gasteiger partial charge is 0.410 e. The minimum absolute atomic E-state index is 0.206. The monoisotopic (exact) mass is 279 g/mol. The number of benzene rings is 1. The maximum absolute atomic E-state index is 12.0. The van der Waals surface area contributed by atoms with E-state index in [1.165, 1.54) is 0 Å². The van der Waals surface area contributed by atoms with Crippen LogP contribution in [0.15, 0.2) is 30.3 Å². The number of hydrogen-bond donors (Lipinski definition) is 0. The van der Waals surface area contributed by atoms with Crippen molar-refractivity contribution in [3.8, 4) is 0 Å². The summed E-state index contributed by atoms with van der Waals surface area (Å²) in [6, 6.07) is 9.76. The van der Waals surface area contributed by atoms with Crippen molar-refractivity contribution < 1.29 is 9.53 Å². The van der Waals surface area contributed by atoms with Gasteiger partial charge < -0.3 is 9.64 Å². The normalized spacial score (nSPS) is 29.3. The second-order valence-electron chi connectivity index (χ2n) is 5.46. The number of likely N-dealkylation sites (tertiary alicyclic amines) is 1. The summed E-state index contributed by atoms with van der Waals surface area (Å²) in [5, 5.41) is 0.233. The number of alkyl halides is 1. The van der Waals surface area contributed by atoms with E-state index >= 15 is 0 Å². The third-order valence-corrected chi connectivity index (χ3v) is 4.77. The molecular weight excluding hydrogens is 262 g/mol. The first kappa shape index (κ1) is 12.8. The highest BCUT2D eigenvalue weighted by atomic mass is 35.5. The van der Waals surface area contributed by atoms with E-state index in [2.05, 4.69) is 0 Å². The molecule has 0 bridgehead atoms. The topological polar surface area (TPSA) is 29.5 Å².